The van der Waals surface area contributed by atoms with Gasteiger partial charge in [-0.15, -0.1) is 0 Å². The maximum atomic E-state index is 6.60. The maximum absolute atomic E-state index is 6.60. The van der Waals surface area contributed by atoms with Crippen molar-refractivity contribution in [3.05, 3.63) is 193 Å². The van der Waals surface area contributed by atoms with Gasteiger partial charge >= 0.3 is 0 Å². The quantitative estimate of drug-likeness (QED) is 0.180. The number of furan rings is 3. The number of ether oxygens (including phenoxy) is 1. The maximum Gasteiger partial charge on any atom is 0.147 e. The second-order valence-electron chi connectivity index (χ2n) is 15.5. The predicted octanol–water partition coefficient (Wildman–Crippen LogP) is 14.5. The van der Waals surface area contributed by atoms with Crippen LogP contribution in [0.5, 0.6) is 0 Å². The lowest BCUT2D eigenvalue weighted by atomic mass is 9.87. The molecule has 0 bridgehead atoms. The molecule has 2 atom stereocenters. The first kappa shape index (κ1) is 33.0. The summed E-state index contributed by atoms with van der Waals surface area (Å²) in [6.07, 6.45) is 11.8. The largest absolute Gasteiger partial charge is 0.460 e. The van der Waals surface area contributed by atoms with Gasteiger partial charge in [0.15, 0.2) is 0 Å². The molecule has 2 unspecified atom stereocenters. The summed E-state index contributed by atoms with van der Waals surface area (Å²) >= 11 is 0. The van der Waals surface area contributed by atoms with Crippen molar-refractivity contribution in [2.45, 2.75) is 12.5 Å². The van der Waals surface area contributed by atoms with Gasteiger partial charge in [-0.1, -0.05) is 134 Å². The van der Waals surface area contributed by atoms with Gasteiger partial charge in [-0.3, -0.25) is 0 Å². The van der Waals surface area contributed by atoms with Gasteiger partial charge in [0.25, 0.3) is 0 Å². The predicted molar refractivity (Wildman–Crippen MR) is 237 cm³/mol. The number of rotatable bonds is 4. The van der Waals surface area contributed by atoms with Crippen molar-refractivity contribution in [3.63, 3.8) is 0 Å². The highest BCUT2D eigenvalue weighted by Gasteiger charge is 2.27. The summed E-state index contributed by atoms with van der Waals surface area (Å²) in [7, 11) is 0. The van der Waals surface area contributed by atoms with Crippen molar-refractivity contribution in [1.29, 1.82) is 0 Å². The van der Waals surface area contributed by atoms with Crippen LogP contribution in [0, 0.1) is 5.92 Å². The molecule has 0 amide bonds. The third-order valence-electron chi connectivity index (χ3n) is 12.0. The molecule has 4 heterocycles. The number of hydrogen-bond donors (Lipinski definition) is 0. The number of benzene rings is 7. The van der Waals surface area contributed by atoms with Crippen LogP contribution in [0.3, 0.4) is 0 Å². The van der Waals surface area contributed by atoms with Crippen molar-refractivity contribution in [2.75, 3.05) is 6.61 Å². The average Bonchev–Trinajstić information content (AvgIpc) is 3.97. The molecule has 0 spiro atoms. The summed E-state index contributed by atoms with van der Waals surface area (Å²) < 4.78 is 25.8. The van der Waals surface area contributed by atoms with E-state index in [1.54, 1.807) is 0 Å². The molecule has 0 N–H and O–H groups in total. The van der Waals surface area contributed by atoms with Crippen LogP contribution in [-0.4, -0.2) is 12.7 Å². The molecule has 4 heteroatoms. The molecule has 0 radical (unpaired) electrons. The van der Waals surface area contributed by atoms with Crippen LogP contribution in [-0.2, 0) is 11.2 Å². The molecule has 12 rings (SSSR count). The van der Waals surface area contributed by atoms with E-state index in [4.69, 9.17) is 18.0 Å². The highest BCUT2D eigenvalue weighted by atomic mass is 16.5. The van der Waals surface area contributed by atoms with Crippen LogP contribution in [0.2, 0.25) is 0 Å². The molecule has 2 aliphatic rings. The minimum absolute atomic E-state index is 0.000187. The lowest BCUT2D eigenvalue weighted by molar-refractivity contribution is 0.0774. The van der Waals surface area contributed by atoms with Crippen LogP contribution in [0.15, 0.2) is 189 Å². The van der Waals surface area contributed by atoms with E-state index in [9.17, 15) is 0 Å². The zero-order valence-corrected chi connectivity index (χ0v) is 31.5. The van der Waals surface area contributed by atoms with E-state index < -0.39 is 0 Å². The molecule has 10 aromatic rings. The van der Waals surface area contributed by atoms with Crippen molar-refractivity contribution >= 4 is 66.5 Å². The van der Waals surface area contributed by atoms with Gasteiger partial charge in [0.05, 0.1) is 18.1 Å². The van der Waals surface area contributed by atoms with Crippen molar-refractivity contribution in [1.82, 2.24) is 0 Å². The van der Waals surface area contributed by atoms with E-state index in [1.807, 2.05) is 6.07 Å². The van der Waals surface area contributed by atoms with Crippen LogP contribution >= 0.6 is 0 Å². The first-order valence-corrected chi connectivity index (χ1v) is 20.0. The minimum Gasteiger partial charge on any atom is -0.460 e. The Bertz CT molecular complexity index is 3300. The minimum atomic E-state index is -0.000187. The fourth-order valence-corrected chi connectivity index (χ4v) is 9.07. The van der Waals surface area contributed by atoms with Gasteiger partial charge in [-0.2, -0.15) is 0 Å². The molecule has 276 valence electrons. The molecule has 7 aromatic carbocycles. The molecule has 0 fully saturated rings. The fourth-order valence-electron chi connectivity index (χ4n) is 9.07. The first-order chi connectivity index (χ1) is 28.7. The Morgan fingerprint density at radius 2 is 1.03 bits per heavy atom. The second-order valence-corrected chi connectivity index (χ2v) is 15.5. The smallest absolute Gasteiger partial charge is 0.147 e. The van der Waals surface area contributed by atoms with Crippen LogP contribution < -0.4 is 0 Å². The number of fused-ring (bicyclic) bond motifs is 11. The van der Waals surface area contributed by atoms with Crippen molar-refractivity contribution in [2.24, 2.45) is 5.92 Å². The van der Waals surface area contributed by atoms with Gasteiger partial charge < -0.3 is 18.0 Å². The van der Waals surface area contributed by atoms with Gasteiger partial charge in [-0.25, -0.2) is 0 Å². The lowest BCUT2D eigenvalue weighted by Crippen LogP contribution is -2.24. The summed E-state index contributed by atoms with van der Waals surface area (Å²) in [5.41, 5.74) is 14.8. The Labute approximate surface area is 334 Å². The monoisotopic (exact) mass is 748 g/mol. The Hall–Kier alpha value is -7.14. The summed E-state index contributed by atoms with van der Waals surface area (Å²) in [4.78, 5) is 0. The lowest BCUT2D eigenvalue weighted by Gasteiger charge is -2.25. The highest BCUT2D eigenvalue weighted by molar-refractivity contribution is 6.22. The molecule has 1 aliphatic heterocycles. The third-order valence-corrected chi connectivity index (χ3v) is 12.0. The van der Waals surface area contributed by atoms with E-state index in [0.29, 0.717) is 6.61 Å². The van der Waals surface area contributed by atoms with E-state index in [-0.39, 0.29) is 12.0 Å². The Balaban J connectivity index is 0.866. The Morgan fingerprint density at radius 1 is 0.448 bits per heavy atom. The summed E-state index contributed by atoms with van der Waals surface area (Å²) in [5, 5.41) is 5.36. The normalized spacial score (nSPS) is 16.7. The molecule has 1 aliphatic carbocycles. The van der Waals surface area contributed by atoms with Gasteiger partial charge in [0.1, 0.15) is 33.7 Å². The first-order valence-electron chi connectivity index (χ1n) is 20.0. The third kappa shape index (κ3) is 5.48. The average molecular weight is 749 g/mol. The van der Waals surface area contributed by atoms with Crippen molar-refractivity contribution in [3.8, 4) is 33.4 Å². The highest BCUT2D eigenvalue weighted by Crippen LogP contribution is 2.42. The topological polar surface area (TPSA) is 48.7 Å². The number of allylic oxidation sites excluding steroid dienone is 2. The molecule has 3 aromatic heterocycles. The van der Waals surface area contributed by atoms with E-state index in [0.717, 1.165) is 100 Å². The van der Waals surface area contributed by atoms with E-state index in [2.05, 4.69) is 176 Å². The molecular weight excluding hydrogens is 713 g/mol. The fraction of sp³-hybridized carbons (Fsp3) is 0.0741. The van der Waals surface area contributed by atoms with Gasteiger partial charge in [0.2, 0.25) is 0 Å². The Kier molecular flexibility index (Phi) is 7.54. The standard InChI is InChI=1S/C54H36O4/c1-3-8-33(9-4-1)37-17-22-47-41(28-37)32-52-42(12-7-27-55-47)44-29-38(18-23-48(44)57-52)35-13-15-36(16-14-35)39-19-24-49-45(30-39)43-21-26-51-53(54(43)58-49)46-31-40(20-25-50(46)56-51)34-10-5-2-6-11-34/h1-26,28-31,41,47H,27,32H2. The van der Waals surface area contributed by atoms with Crippen LogP contribution in [0.4, 0.5) is 0 Å². The Morgan fingerprint density at radius 3 is 1.76 bits per heavy atom. The number of hydrogen-bond acceptors (Lipinski definition) is 4. The van der Waals surface area contributed by atoms with Crippen LogP contribution in [0.1, 0.15) is 16.9 Å². The SMILES string of the molecule is C1=Cc2c(oc3ccc(-c4ccc(-c5ccc6oc7c(ccc8oc9ccc(-c%10ccccc%10)cc9c87)c6c5)cc4)cc23)CC2C=C(c3ccccc3)C=CC2OC1. The molecule has 0 saturated heterocycles. The zero-order chi connectivity index (χ0) is 38.2. The van der Waals surface area contributed by atoms with Crippen molar-refractivity contribution < 1.29 is 18.0 Å². The molecule has 58 heavy (non-hydrogen) atoms. The zero-order valence-electron chi connectivity index (χ0n) is 31.5. The molecular formula is C54H36O4. The van der Waals surface area contributed by atoms with Gasteiger partial charge in [0, 0.05) is 39.4 Å². The van der Waals surface area contributed by atoms with Gasteiger partial charge in [-0.05, 0) is 93.0 Å². The van der Waals surface area contributed by atoms with Crippen LogP contribution in [0.25, 0.3) is 99.9 Å². The molecule has 0 saturated carbocycles. The van der Waals surface area contributed by atoms with E-state index in [1.165, 1.54) is 16.7 Å². The molecule has 4 nitrogen and oxygen atoms in total. The van der Waals surface area contributed by atoms with E-state index >= 15 is 0 Å². The summed E-state index contributed by atoms with van der Waals surface area (Å²) in [6.45, 7) is 0.549. The second kappa shape index (κ2) is 13.2. The summed E-state index contributed by atoms with van der Waals surface area (Å²) in [6, 6.07) is 53.5. The summed E-state index contributed by atoms with van der Waals surface area (Å²) in [5.74, 6) is 1.17.